The first-order valence-electron chi connectivity index (χ1n) is 7.79. The molecule has 1 heterocycles. The molecular weight excluding hydrogens is 302 g/mol. The van der Waals surface area contributed by atoms with Crippen LogP contribution in [0.1, 0.15) is 17.0 Å². The smallest absolute Gasteiger partial charge is 0.125 e. The minimum atomic E-state index is 0.323. The molecule has 3 rings (SSSR count). The maximum absolute atomic E-state index is 6.05. The highest BCUT2D eigenvalue weighted by Crippen LogP contribution is 2.28. The molecule has 4 heteroatoms. The first kappa shape index (κ1) is 15.9. The van der Waals surface area contributed by atoms with Crippen LogP contribution in [0.15, 0.2) is 67.0 Å². The predicted octanol–water partition coefficient (Wildman–Crippen LogP) is 3.08. The van der Waals surface area contributed by atoms with Gasteiger partial charge in [-0.3, -0.25) is 9.13 Å². The molecule has 116 valence electrons. The molecule has 1 atom stereocenters. The van der Waals surface area contributed by atoms with Crippen LogP contribution < -0.4 is 10.3 Å². The van der Waals surface area contributed by atoms with E-state index in [4.69, 9.17) is 11.6 Å². The lowest BCUT2D eigenvalue weighted by Gasteiger charge is -2.24. The van der Waals surface area contributed by atoms with Gasteiger partial charge in [0.05, 0.1) is 14.1 Å². The molecule has 0 aliphatic heterocycles. The fraction of sp³-hybridized carbons (Fsp3) is 0.211. The molecule has 0 saturated heterocycles. The average molecular weight is 323 g/mol. The molecule has 0 fully saturated rings. The van der Waals surface area contributed by atoms with Crippen LogP contribution in [0.5, 0.6) is 0 Å². The van der Waals surface area contributed by atoms with Crippen molar-refractivity contribution in [2.75, 3.05) is 0 Å². The van der Waals surface area contributed by atoms with Gasteiger partial charge in [0.15, 0.2) is 0 Å². The molecule has 0 saturated carbocycles. The molecule has 2 aromatic carbocycles. The Kier molecular flexibility index (Phi) is 4.87. The van der Waals surface area contributed by atoms with Gasteiger partial charge in [0, 0.05) is 10.7 Å². The molecule has 0 amide bonds. The molecule has 0 aliphatic rings. The van der Waals surface area contributed by atoms with Crippen LogP contribution in [-0.2, 0) is 14.1 Å². The number of hydrogen-bond donors (Lipinski definition) is 0. The molecule has 1 aromatic heterocycles. The number of aryl methyl sites for hydroxylation is 2. The average Bonchev–Trinajstić information content (AvgIpc) is 2.89. The Morgan fingerprint density at radius 2 is 1.70 bits per heavy atom. The lowest BCUT2D eigenvalue weighted by atomic mass is 9.65. The van der Waals surface area contributed by atoms with Crippen LogP contribution in [0.25, 0.3) is 0 Å². The summed E-state index contributed by atoms with van der Waals surface area (Å²) in [6.07, 6.45) is 5.09. The third kappa shape index (κ3) is 3.68. The van der Waals surface area contributed by atoms with E-state index < -0.39 is 0 Å². The van der Waals surface area contributed by atoms with Crippen LogP contribution in [-0.4, -0.2) is 11.8 Å². The van der Waals surface area contributed by atoms with E-state index in [1.165, 1.54) is 16.9 Å². The molecule has 2 nitrogen and oxygen atoms in total. The molecule has 0 aliphatic carbocycles. The van der Waals surface area contributed by atoms with E-state index in [1.54, 1.807) is 0 Å². The van der Waals surface area contributed by atoms with Crippen molar-refractivity contribution in [3.05, 3.63) is 83.1 Å². The second kappa shape index (κ2) is 7.05. The number of imidazole rings is 1. The zero-order valence-corrected chi connectivity index (χ0v) is 14.2. The quantitative estimate of drug-likeness (QED) is 0.504. The summed E-state index contributed by atoms with van der Waals surface area (Å²) in [4.78, 5) is 0. The highest BCUT2D eigenvalue weighted by Gasteiger charge is 2.11. The standard InChI is InChI=1S/C19H20BClN2/c1-22-12-13-23(2)19(22)20-14-18(15-6-4-3-5-7-15)16-8-10-17(21)11-9-16/h3-13,18H,14H2,1-2H3. The summed E-state index contributed by atoms with van der Waals surface area (Å²) in [5.41, 5.74) is 3.82. The molecule has 0 N–H and O–H groups in total. The SMILES string of the molecule is Cn1cc[n+](C)c1[B-]CC(c1ccccc1)c1ccc(Cl)cc1. The minimum Gasteiger partial charge on any atom is -0.280 e. The van der Waals surface area contributed by atoms with Gasteiger partial charge in [0.1, 0.15) is 12.4 Å². The van der Waals surface area contributed by atoms with E-state index >= 15 is 0 Å². The van der Waals surface area contributed by atoms with Crippen molar-refractivity contribution in [3.8, 4) is 0 Å². The molecular formula is C19H20BClN2. The summed E-state index contributed by atoms with van der Waals surface area (Å²) in [6, 6.07) is 18.8. The summed E-state index contributed by atoms with van der Waals surface area (Å²) < 4.78 is 4.29. The van der Waals surface area contributed by atoms with E-state index in [1.807, 2.05) is 12.1 Å². The Bertz CT molecular complexity index is 746. The van der Waals surface area contributed by atoms with Gasteiger partial charge in [0.2, 0.25) is 0 Å². The maximum Gasteiger partial charge on any atom is 0.125 e. The van der Waals surface area contributed by atoms with Gasteiger partial charge in [-0.05, 0) is 29.2 Å². The van der Waals surface area contributed by atoms with Crippen molar-refractivity contribution < 1.29 is 4.57 Å². The monoisotopic (exact) mass is 322 g/mol. The fourth-order valence-electron chi connectivity index (χ4n) is 2.96. The van der Waals surface area contributed by atoms with Crippen LogP contribution in [0.2, 0.25) is 11.3 Å². The van der Waals surface area contributed by atoms with Crippen molar-refractivity contribution in [3.63, 3.8) is 0 Å². The van der Waals surface area contributed by atoms with Gasteiger partial charge in [-0.2, -0.15) is 7.28 Å². The van der Waals surface area contributed by atoms with Crippen LogP contribution in [0.3, 0.4) is 0 Å². The molecule has 0 bridgehead atoms. The normalized spacial score (nSPS) is 12.3. The van der Waals surface area contributed by atoms with Crippen molar-refractivity contribution >= 4 is 24.6 Å². The second-order valence-electron chi connectivity index (χ2n) is 5.83. The number of nitrogens with zero attached hydrogens (tertiary/aromatic N) is 2. The van der Waals surface area contributed by atoms with Crippen molar-refractivity contribution in [1.82, 2.24) is 4.57 Å². The Labute approximate surface area is 143 Å². The van der Waals surface area contributed by atoms with E-state index in [0.717, 1.165) is 11.3 Å². The summed E-state index contributed by atoms with van der Waals surface area (Å²) in [5.74, 6) is 0.323. The van der Waals surface area contributed by atoms with E-state index in [0.29, 0.717) is 5.92 Å². The Balaban J connectivity index is 1.88. The Hall–Kier alpha value is -2.00. The number of aromatic nitrogens is 2. The van der Waals surface area contributed by atoms with Crippen molar-refractivity contribution in [1.29, 1.82) is 0 Å². The maximum atomic E-state index is 6.05. The number of rotatable bonds is 5. The molecule has 23 heavy (non-hydrogen) atoms. The largest absolute Gasteiger partial charge is 0.280 e. The van der Waals surface area contributed by atoms with E-state index in [2.05, 4.69) is 85.4 Å². The minimum absolute atomic E-state index is 0.323. The summed E-state index contributed by atoms with van der Waals surface area (Å²) in [6.45, 7) is 0. The van der Waals surface area contributed by atoms with Gasteiger partial charge < -0.3 is 0 Å². The van der Waals surface area contributed by atoms with E-state index in [-0.39, 0.29) is 0 Å². The van der Waals surface area contributed by atoms with Gasteiger partial charge in [0.25, 0.3) is 0 Å². The van der Waals surface area contributed by atoms with Gasteiger partial charge in [-0.1, -0.05) is 54.1 Å². The number of hydrogen-bond acceptors (Lipinski definition) is 0. The van der Waals surface area contributed by atoms with Crippen molar-refractivity contribution in [2.24, 2.45) is 14.1 Å². The molecule has 2 radical (unpaired) electrons. The summed E-state index contributed by atoms with van der Waals surface area (Å²) in [7, 11) is 6.45. The van der Waals surface area contributed by atoms with Gasteiger partial charge in [-0.25, -0.2) is 6.32 Å². The lowest BCUT2D eigenvalue weighted by Crippen LogP contribution is -2.49. The Morgan fingerprint density at radius 1 is 1.04 bits per heavy atom. The first-order valence-corrected chi connectivity index (χ1v) is 8.17. The van der Waals surface area contributed by atoms with Gasteiger partial charge in [-0.15, -0.1) is 0 Å². The van der Waals surface area contributed by atoms with Crippen molar-refractivity contribution in [2.45, 2.75) is 12.2 Å². The zero-order chi connectivity index (χ0) is 16.2. The zero-order valence-electron chi connectivity index (χ0n) is 13.5. The number of benzene rings is 2. The Morgan fingerprint density at radius 3 is 2.30 bits per heavy atom. The summed E-state index contributed by atoms with van der Waals surface area (Å²) >= 11 is 6.05. The number of halogens is 1. The predicted molar refractivity (Wildman–Crippen MR) is 96.5 cm³/mol. The molecule has 0 spiro atoms. The lowest BCUT2D eigenvalue weighted by molar-refractivity contribution is -0.653. The van der Waals surface area contributed by atoms with Crippen LogP contribution >= 0.6 is 11.6 Å². The highest BCUT2D eigenvalue weighted by molar-refractivity contribution is 6.50. The third-order valence-electron chi connectivity index (χ3n) is 4.25. The highest BCUT2D eigenvalue weighted by atomic mass is 35.5. The molecule has 1 unspecified atom stereocenters. The third-order valence-corrected chi connectivity index (χ3v) is 4.50. The van der Waals surface area contributed by atoms with E-state index in [9.17, 15) is 0 Å². The topological polar surface area (TPSA) is 8.81 Å². The second-order valence-corrected chi connectivity index (χ2v) is 6.27. The van der Waals surface area contributed by atoms with Crippen LogP contribution in [0.4, 0.5) is 0 Å². The van der Waals surface area contributed by atoms with Crippen LogP contribution in [0, 0.1) is 0 Å². The fourth-order valence-corrected chi connectivity index (χ4v) is 3.08. The first-order chi connectivity index (χ1) is 11.1. The van der Waals surface area contributed by atoms with Gasteiger partial charge >= 0.3 is 0 Å². The summed E-state index contributed by atoms with van der Waals surface area (Å²) in [5, 5.41) is 0.776. The molecule has 3 aromatic rings.